The molecule has 0 heteroatoms. The Bertz CT molecular complexity index is 836. The molecule has 0 radical (unpaired) electrons. The topological polar surface area (TPSA) is 0 Å². The molecule has 0 saturated heterocycles. The minimum Gasteiger partial charge on any atom is -0.103 e. The van der Waals surface area contributed by atoms with Crippen LogP contribution in [0.25, 0.3) is 0 Å². The van der Waals surface area contributed by atoms with E-state index >= 15 is 0 Å². The Morgan fingerprint density at radius 3 is 1.78 bits per heavy atom. The molecule has 0 aliphatic heterocycles. The van der Waals surface area contributed by atoms with Gasteiger partial charge < -0.3 is 0 Å². The van der Waals surface area contributed by atoms with E-state index in [4.69, 9.17) is 0 Å². The number of hydrogen-bond acceptors (Lipinski definition) is 0. The summed E-state index contributed by atoms with van der Waals surface area (Å²) in [4.78, 5) is 0. The third kappa shape index (κ3) is 8.70. The van der Waals surface area contributed by atoms with Crippen molar-refractivity contribution in [2.75, 3.05) is 0 Å². The molecule has 0 heterocycles. The van der Waals surface area contributed by atoms with E-state index in [-0.39, 0.29) is 0 Å². The molecule has 3 rings (SSSR count). The minimum absolute atomic E-state index is 0.942. The van der Waals surface area contributed by atoms with Crippen LogP contribution >= 0.6 is 0 Å². The monoisotopic (exact) mass is 426 g/mol. The molecule has 0 atom stereocenters. The SMILES string of the molecule is C=CCCCCCc1ccc(C#Cc2ccc(CCC3CCC(CCC)CC3)cc2)cc1. The van der Waals surface area contributed by atoms with Gasteiger partial charge >= 0.3 is 0 Å². The van der Waals surface area contributed by atoms with Crippen LogP contribution in [0.15, 0.2) is 61.2 Å². The van der Waals surface area contributed by atoms with Crippen LogP contribution in [0.5, 0.6) is 0 Å². The summed E-state index contributed by atoms with van der Waals surface area (Å²) in [5.74, 6) is 8.62. The zero-order valence-electron chi connectivity index (χ0n) is 20.3. The van der Waals surface area contributed by atoms with Gasteiger partial charge in [-0.2, -0.15) is 0 Å². The van der Waals surface area contributed by atoms with Crippen LogP contribution in [0.2, 0.25) is 0 Å². The van der Waals surface area contributed by atoms with Gasteiger partial charge in [-0.1, -0.05) is 94.1 Å². The predicted octanol–water partition coefficient (Wildman–Crippen LogP) is 8.91. The Kier molecular flexibility index (Phi) is 10.7. The van der Waals surface area contributed by atoms with Crippen LogP contribution in [0.4, 0.5) is 0 Å². The Morgan fingerprint density at radius 1 is 0.719 bits per heavy atom. The van der Waals surface area contributed by atoms with Gasteiger partial charge in [-0.25, -0.2) is 0 Å². The number of aryl methyl sites for hydroxylation is 2. The van der Waals surface area contributed by atoms with Crippen molar-refractivity contribution >= 4 is 0 Å². The van der Waals surface area contributed by atoms with Crippen LogP contribution in [-0.2, 0) is 12.8 Å². The second-order valence-electron chi connectivity index (χ2n) is 9.75. The van der Waals surface area contributed by atoms with Crippen molar-refractivity contribution in [3.63, 3.8) is 0 Å². The molecule has 0 spiro atoms. The van der Waals surface area contributed by atoms with E-state index in [0.717, 1.165) is 35.8 Å². The first-order valence-corrected chi connectivity index (χ1v) is 13.1. The van der Waals surface area contributed by atoms with Gasteiger partial charge in [0.1, 0.15) is 0 Å². The van der Waals surface area contributed by atoms with E-state index in [1.54, 1.807) is 0 Å². The third-order valence-corrected chi connectivity index (χ3v) is 7.14. The zero-order chi connectivity index (χ0) is 22.4. The summed E-state index contributed by atoms with van der Waals surface area (Å²) < 4.78 is 0. The van der Waals surface area contributed by atoms with Crippen LogP contribution in [0.1, 0.15) is 99.8 Å². The molecule has 1 aliphatic carbocycles. The maximum Gasteiger partial charge on any atom is 0.0249 e. The molecule has 2 aromatic carbocycles. The van der Waals surface area contributed by atoms with Crippen molar-refractivity contribution in [1.82, 2.24) is 0 Å². The van der Waals surface area contributed by atoms with Crippen molar-refractivity contribution in [2.45, 2.75) is 90.4 Å². The van der Waals surface area contributed by atoms with E-state index in [1.165, 1.54) is 81.8 Å². The molecule has 2 aromatic rings. The average molecular weight is 427 g/mol. The fourth-order valence-electron chi connectivity index (χ4n) is 5.04. The highest BCUT2D eigenvalue weighted by Crippen LogP contribution is 2.33. The first kappa shape index (κ1) is 24.4. The molecule has 0 N–H and O–H groups in total. The molecule has 1 saturated carbocycles. The largest absolute Gasteiger partial charge is 0.103 e. The normalized spacial score (nSPS) is 18.0. The van der Waals surface area contributed by atoms with Crippen molar-refractivity contribution in [2.24, 2.45) is 11.8 Å². The molecule has 32 heavy (non-hydrogen) atoms. The van der Waals surface area contributed by atoms with E-state index < -0.39 is 0 Å². The zero-order valence-corrected chi connectivity index (χ0v) is 20.3. The van der Waals surface area contributed by atoms with Crippen molar-refractivity contribution in [3.05, 3.63) is 83.4 Å². The highest BCUT2D eigenvalue weighted by atomic mass is 14.3. The van der Waals surface area contributed by atoms with Gasteiger partial charge in [0, 0.05) is 11.1 Å². The van der Waals surface area contributed by atoms with Gasteiger partial charge in [0.2, 0.25) is 0 Å². The van der Waals surface area contributed by atoms with Crippen molar-refractivity contribution < 1.29 is 0 Å². The highest BCUT2D eigenvalue weighted by molar-refractivity contribution is 5.44. The number of unbranched alkanes of at least 4 members (excludes halogenated alkanes) is 3. The first-order chi connectivity index (χ1) is 15.8. The lowest BCUT2D eigenvalue weighted by Gasteiger charge is -2.28. The molecule has 0 bridgehead atoms. The lowest BCUT2D eigenvalue weighted by molar-refractivity contribution is 0.252. The maximum absolute atomic E-state index is 3.79. The summed E-state index contributed by atoms with van der Waals surface area (Å²) in [6.07, 6.45) is 19.3. The van der Waals surface area contributed by atoms with Crippen LogP contribution in [-0.4, -0.2) is 0 Å². The molecule has 170 valence electrons. The molecule has 1 aliphatic rings. The molecular weight excluding hydrogens is 384 g/mol. The fraction of sp³-hybridized carbons (Fsp3) is 0.500. The van der Waals surface area contributed by atoms with Crippen LogP contribution in [0.3, 0.4) is 0 Å². The minimum atomic E-state index is 0.942. The number of allylic oxidation sites excluding steroid dienone is 1. The smallest absolute Gasteiger partial charge is 0.0249 e. The quantitative estimate of drug-likeness (QED) is 0.191. The molecule has 0 unspecified atom stereocenters. The standard InChI is InChI=1S/C32H42/c1-3-5-6-7-8-10-28-13-17-30(18-14-28)20-22-32-25-23-31(24-26-32)21-19-29-15-11-27(9-4-2)12-16-29/h3,13-14,17-18,23-27,29H,1,4-12,15-16,19,21H2,2H3. The number of rotatable bonds is 11. The number of hydrogen-bond donors (Lipinski definition) is 0. The number of benzene rings is 2. The lowest BCUT2D eigenvalue weighted by Crippen LogP contribution is -2.15. The van der Waals surface area contributed by atoms with Gasteiger partial charge in [0.15, 0.2) is 0 Å². The Balaban J connectivity index is 1.40. The molecule has 1 fully saturated rings. The fourth-order valence-corrected chi connectivity index (χ4v) is 5.04. The Morgan fingerprint density at radius 2 is 1.25 bits per heavy atom. The maximum atomic E-state index is 3.79. The summed E-state index contributed by atoms with van der Waals surface area (Å²) >= 11 is 0. The van der Waals surface area contributed by atoms with Gasteiger partial charge in [-0.15, -0.1) is 6.58 Å². The summed E-state index contributed by atoms with van der Waals surface area (Å²) in [5, 5.41) is 0. The predicted molar refractivity (Wildman–Crippen MR) is 140 cm³/mol. The summed E-state index contributed by atoms with van der Waals surface area (Å²) in [5.41, 5.74) is 5.09. The van der Waals surface area contributed by atoms with Gasteiger partial charge in [0.25, 0.3) is 0 Å². The molecule has 0 aromatic heterocycles. The van der Waals surface area contributed by atoms with Crippen molar-refractivity contribution in [1.29, 1.82) is 0 Å². The van der Waals surface area contributed by atoms with E-state index in [1.807, 2.05) is 6.08 Å². The van der Waals surface area contributed by atoms with Crippen LogP contribution < -0.4 is 0 Å². The van der Waals surface area contributed by atoms with Gasteiger partial charge in [-0.05, 0) is 85.8 Å². The van der Waals surface area contributed by atoms with E-state index in [0.29, 0.717) is 0 Å². The van der Waals surface area contributed by atoms with Gasteiger partial charge in [-0.3, -0.25) is 0 Å². The Labute approximate surface area is 197 Å². The highest BCUT2D eigenvalue weighted by Gasteiger charge is 2.20. The Hall–Kier alpha value is -2.26. The second-order valence-corrected chi connectivity index (χ2v) is 9.75. The molecular formula is C32H42. The van der Waals surface area contributed by atoms with E-state index in [9.17, 15) is 0 Å². The lowest BCUT2D eigenvalue weighted by atomic mass is 9.78. The first-order valence-electron chi connectivity index (χ1n) is 13.1. The second kappa shape index (κ2) is 14.0. The summed E-state index contributed by atoms with van der Waals surface area (Å²) in [6.45, 7) is 6.11. The van der Waals surface area contributed by atoms with Crippen molar-refractivity contribution in [3.8, 4) is 11.8 Å². The van der Waals surface area contributed by atoms with Gasteiger partial charge in [0.05, 0.1) is 0 Å². The van der Waals surface area contributed by atoms with E-state index in [2.05, 4.69) is 73.9 Å². The molecule has 0 nitrogen and oxygen atoms in total. The average Bonchev–Trinajstić information content (AvgIpc) is 2.84. The third-order valence-electron chi connectivity index (χ3n) is 7.14. The summed E-state index contributed by atoms with van der Waals surface area (Å²) in [6, 6.07) is 17.7. The molecule has 0 amide bonds. The summed E-state index contributed by atoms with van der Waals surface area (Å²) in [7, 11) is 0. The van der Waals surface area contributed by atoms with Crippen LogP contribution in [0, 0.1) is 23.7 Å².